The minimum atomic E-state index is -0.564. The van der Waals surface area contributed by atoms with Gasteiger partial charge in [-0.25, -0.2) is 4.79 Å². The zero-order valence-electron chi connectivity index (χ0n) is 9.79. The van der Waals surface area contributed by atoms with Gasteiger partial charge in [-0.2, -0.15) is 0 Å². The molecule has 0 aliphatic heterocycles. The molecule has 0 heterocycles. The molecule has 0 spiro atoms. The van der Waals surface area contributed by atoms with Crippen molar-refractivity contribution in [3.8, 4) is 0 Å². The average molecular weight is 213 g/mol. The topological polar surface area (TPSA) is 55.4 Å². The number of amides is 1. The minimum absolute atomic E-state index is 0.0126. The second kappa shape index (κ2) is 6.22. The monoisotopic (exact) mass is 213 g/mol. The van der Waals surface area contributed by atoms with Crippen molar-refractivity contribution in [2.24, 2.45) is 5.92 Å². The van der Waals surface area contributed by atoms with Gasteiger partial charge in [-0.1, -0.05) is 20.4 Å². The van der Waals surface area contributed by atoms with Crippen molar-refractivity contribution in [2.75, 3.05) is 6.61 Å². The highest BCUT2D eigenvalue weighted by Crippen LogP contribution is 2.07. The quantitative estimate of drug-likeness (QED) is 0.710. The lowest BCUT2D eigenvalue weighted by Crippen LogP contribution is -2.44. The van der Waals surface area contributed by atoms with E-state index < -0.39 is 12.1 Å². The highest BCUT2D eigenvalue weighted by molar-refractivity contribution is 6.00. The highest BCUT2D eigenvalue weighted by atomic mass is 16.5. The summed E-state index contributed by atoms with van der Waals surface area (Å²) in [5, 5.41) is 2.53. The van der Waals surface area contributed by atoms with Crippen molar-refractivity contribution >= 4 is 11.9 Å². The second-order valence-electron chi connectivity index (χ2n) is 3.73. The molecule has 4 nitrogen and oxygen atoms in total. The van der Waals surface area contributed by atoms with Crippen LogP contribution in [0.25, 0.3) is 0 Å². The van der Waals surface area contributed by atoms with E-state index in [9.17, 15) is 9.59 Å². The van der Waals surface area contributed by atoms with E-state index in [1.807, 2.05) is 13.8 Å². The molecule has 15 heavy (non-hydrogen) atoms. The highest BCUT2D eigenvalue weighted by Gasteiger charge is 2.24. The first-order valence-corrected chi connectivity index (χ1v) is 5.03. The van der Waals surface area contributed by atoms with Crippen molar-refractivity contribution in [3.05, 3.63) is 12.2 Å². The lowest BCUT2D eigenvalue weighted by Gasteiger charge is -2.20. The van der Waals surface area contributed by atoms with E-state index in [1.165, 1.54) is 0 Å². The summed E-state index contributed by atoms with van der Waals surface area (Å²) in [6.45, 7) is 10.9. The molecule has 0 aromatic heterocycles. The number of ketones is 1. The van der Waals surface area contributed by atoms with Crippen LogP contribution in [0, 0.1) is 5.92 Å². The number of carbonyl (C=O) groups excluding carboxylic acids is 2. The summed E-state index contributed by atoms with van der Waals surface area (Å²) in [7, 11) is 0. The summed E-state index contributed by atoms with van der Waals surface area (Å²) in [6.07, 6.45) is -0.564. The normalized spacial score (nSPS) is 12.1. The van der Waals surface area contributed by atoms with E-state index in [4.69, 9.17) is 4.74 Å². The van der Waals surface area contributed by atoms with Crippen molar-refractivity contribution in [1.82, 2.24) is 5.32 Å². The van der Waals surface area contributed by atoms with Gasteiger partial charge in [0.2, 0.25) is 0 Å². The Morgan fingerprint density at radius 3 is 2.27 bits per heavy atom. The van der Waals surface area contributed by atoms with Crippen LogP contribution < -0.4 is 5.32 Å². The van der Waals surface area contributed by atoms with Crippen LogP contribution in [0.3, 0.4) is 0 Å². The van der Waals surface area contributed by atoms with Crippen molar-refractivity contribution < 1.29 is 14.3 Å². The largest absolute Gasteiger partial charge is 0.450 e. The molecule has 1 amide bonds. The molecule has 1 N–H and O–H groups in total. The van der Waals surface area contributed by atoms with E-state index in [-0.39, 0.29) is 18.3 Å². The smallest absolute Gasteiger partial charge is 0.407 e. The number of rotatable bonds is 5. The van der Waals surface area contributed by atoms with Gasteiger partial charge in [-0.05, 0) is 25.3 Å². The van der Waals surface area contributed by atoms with Crippen LogP contribution in [0.2, 0.25) is 0 Å². The first kappa shape index (κ1) is 13.7. The Balaban J connectivity index is 4.48. The van der Waals surface area contributed by atoms with Crippen molar-refractivity contribution in [1.29, 1.82) is 0 Å². The number of hydrogen-bond acceptors (Lipinski definition) is 3. The maximum atomic E-state index is 11.7. The minimum Gasteiger partial charge on any atom is -0.450 e. The average Bonchev–Trinajstić information content (AvgIpc) is 2.13. The van der Waals surface area contributed by atoms with Crippen molar-refractivity contribution in [3.63, 3.8) is 0 Å². The maximum absolute atomic E-state index is 11.7. The summed E-state index contributed by atoms with van der Waals surface area (Å²) in [5.41, 5.74) is 0.436. The van der Waals surface area contributed by atoms with Gasteiger partial charge < -0.3 is 10.1 Å². The zero-order chi connectivity index (χ0) is 12.0. The van der Waals surface area contributed by atoms with Gasteiger partial charge in [-0.3, -0.25) is 4.79 Å². The standard InChI is InChI=1S/C11H19NO3/c1-6-15-11(14)12-9(7(2)3)10(13)8(4)5/h7,9H,4,6H2,1-3,5H3,(H,12,14). The van der Waals surface area contributed by atoms with Gasteiger partial charge in [0, 0.05) is 0 Å². The molecule has 0 saturated carbocycles. The molecular weight excluding hydrogens is 194 g/mol. The Hall–Kier alpha value is -1.32. The lowest BCUT2D eigenvalue weighted by atomic mass is 9.96. The summed E-state index contributed by atoms with van der Waals surface area (Å²) in [6, 6.07) is -0.554. The van der Waals surface area contributed by atoms with E-state index in [1.54, 1.807) is 13.8 Å². The van der Waals surface area contributed by atoms with Gasteiger partial charge in [0.05, 0.1) is 12.6 Å². The lowest BCUT2D eigenvalue weighted by molar-refractivity contribution is -0.118. The maximum Gasteiger partial charge on any atom is 0.407 e. The Kier molecular flexibility index (Phi) is 5.67. The molecule has 0 aliphatic rings. The van der Waals surface area contributed by atoms with Crippen LogP contribution in [-0.4, -0.2) is 24.5 Å². The van der Waals surface area contributed by atoms with Crippen molar-refractivity contribution in [2.45, 2.75) is 33.7 Å². The Morgan fingerprint density at radius 1 is 1.40 bits per heavy atom. The molecule has 4 heteroatoms. The predicted molar refractivity (Wildman–Crippen MR) is 58.6 cm³/mol. The third kappa shape index (κ3) is 4.63. The Bertz CT molecular complexity index is 259. The van der Waals surface area contributed by atoms with Gasteiger partial charge in [-0.15, -0.1) is 0 Å². The van der Waals surface area contributed by atoms with Crippen LogP contribution in [0.1, 0.15) is 27.7 Å². The summed E-state index contributed by atoms with van der Waals surface area (Å²) < 4.78 is 4.72. The number of Topliss-reactive ketones (excluding diaryl/α,β-unsaturated/α-hetero) is 1. The van der Waals surface area contributed by atoms with E-state index >= 15 is 0 Å². The number of ether oxygens (including phenoxy) is 1. The molecule has 0 radical (unpaired) electrons. The molecule has 1 atom stereocenters. The molecule has 1 unspecified atom stereocenters. The fraction of sp³-hybridized carbons (Fsp3) is 0.636. The van der Waals surface area contributed by atoms with E-state index in [0.717, 1.165) is 0 Å². The number of hydrogen-bond donors (Lipinski definition) is 1. The van der Waals surface area contributed by atoms with E-state index in [2.05, 4.69) is 11.9 Å². The van der Waals surface area contributed by atoms with E-state index in [0.29, 0.717) is 5.57 Å². The Morgan fingerprint density at radius 2 is 1.93 bits per heavy atom. The summed E-state index contributed by atoms with van der Waals surface area (Å²) in [5.74, 6) is -0.142. The Labute approximate surface area is 90.7 Å². The fourth-order valence-corrected chi connectivity index (χ4v) is 1.10. The number of nitrogens with one attached hydrogen (secondary N) is 1. The van der Waals surface area contributed by atoms with Gasteiger partial charge >= 0.3 is 6.09 Å². The van der Waals surface area contributed by atoms with Crippen LogP contribution in [0.4, 0.5) is 4.79 Å². The number of carbonyl (C=O) groups is 2. The molecule has 0 bridgehead atoms. The van der Waals surface area contributed by atoms with Crippen LogP contribution >= 0.6 is 0 Å². The van der Waals surface area contributed by atoms with Crippen LogP contribution in [0.5, 0.6) is 0 Å². The molecule has 86 valence electrons. The van der Waals surface area contributed by atoms with Crippen LogP contribution in [-0.2, 0) is 9.53 Å². The van der Waals surface area contributed by atoms with Gasteiger partial charge in [0.25, 0.3) is 0 Å². The SMILES string of the molecule is C=C(C)C(=O)C(NC(=O)OCC)C(C)C. The molecular formula is C11H19NO3. The molecule has 0 fully saturated rings. The van der Waals surface area contributed by atoms with Gasteiger partial charge in [0.15, 0.2) is 5.78 Å². The molecule has 0 aromatic carbocycles. The zero-order valence-corrected chi connectivity index (χ0v) is 9.79. The first-order chi connectivity index (χ1) is 6.90. The number of alkyl carbamates (subject to hydrolysis) is 1. The molecule has 0 aliphatic carbocycles. The summed E-state index contributed by atoms with van der Waals surface area (Å²) in [4.78, 5) is 22.8. The third-order valence-electron chi connectivity index (χ3n) is 1.92. The molecule has 0 saturated heterocycles. The fourth-order valence-electron chi connectivity index (χ4n) is 1.10. The van der Waals surface area contributed by atoms with Crippen LogP contribution in [0.15, 0.2) is 12.2 Å². The second-order valence-corrected chi connectivity index (χ2v) is 3.73. The third-order valence-corrected chi connectivity index (χ3v) is 1.92. The summed E-state index contributed by atoms with van der Waals surface area (Å²) >= 11 is 0. The first-order valence-electron chi connectivity index (χ1n) is 5.03. The van der Waals surface area contributed by atoms with Gasteiger partial charge in [0.1, 0.15) is 0 Å². The predicted octanol–water partition coefficient (Wildman–Crippen LogP) is 1.90. The molecule has 0 rings (SSSR count). The molecule has 0 aromatic rings.